The summed E-state index contributed by atoms with van der Waals surface area (Å²) < 4.78 is 0. The van der Waals surface area contributed by atoms with Gasteiger partial charge in [0.2, 0.25) is 11.1 Å². The van der Waals surface area contributed by atoms with Crippen LogP contribution in [0.15, 0.2) is 60.3 Å². The molecule has 0 bridgehead atoms. The first-order valence-corrected chi connectivity index (χ1v) is 8.73. The van der Waals surface area contributed by atoms with Crippen LogP contribution in [0.2, 0.25) is 0 Å². The van der Waals surface area contributed by atoms with Gasteiger partial charge in [0.15, 0.2) is 5.82 Å². The number of hydrogen-bond acceptors (Lipinski definition) is 7. The van der Waals surface area contributed by atoms with Gasteiger partial charge in [0.1, 0.15) is 12.1 Å². The number of nitrogens with one attached hydrogen (secondary N) is 2. The second-order valence-electron chi connectivity index (χ2n) is 5.28. The lowest BCUT2D eigenvalue weighted by Crippen LogP contribution is -2.15. The minimum absolute atomic E-state index is 0.173. The number of carbonyl (C=O) groups excluding carboxylic acids is 1. The predicted molar refractivity (Wildman–Crippen MR) is 98.5 cm³/mol. The quantitative estimate of drug-likeness (QED) is 0.524. The number of aromatic amines is 1. The number of hydrogen-bond donors (Lipinski definition) is 2. The van der Waals surface area contributed by atoms with Crippen molar-refractivity contribution in [2.75, 3.05) is 11.1 Å². The minimum atomic E-state index is -0.186. The van der Waals surface area contributed by atoms with E-state index in [4.69, 9.17) is 0 Å². The molecule has 0 fully saturated rings. The Bertz CT molecular complexity index is 1050. The largest absolute Gasteiger partial charge is 0.309 e. The van der Waals surface area contributed by atoms with Gasteiger partial charge in [0.05, 0.1) is 11.3 Å². The summed E-state index contributed by atoms with van der Waals surface area (Å²) in [5.74, 6) is 1.12. The third-order valence-corrected chi connectivity index (χ3v) is 4.40. The molecule has 0 aliphatic carbocycles. The molecule has 128 valence electrons. The molecule has 0 spiro atoms. The number of fused-ring (bicyclic) bond motifs is 1. The molecule has 0 aliphatic heterocycles. The van der Waals surface area contributed by atoms with Gasteiger partial charge in [-0.3, -0.25) is 14.9 Å². The molecule has 1 aromatic carbocycles. The molecule has 0 saturated heterocycles. The van der Waals surface area contributed by atoms with Gasteiger partial charge in [-0.1, -0.05) is 23.9 Å². The van der Waals surface area contributed by atoms with E-state index in [0.717, 1.165) is 16.5 Å². The zero-order valence-corrected chi connectivity index (χ0v) is 14.3. The fourth-order valence-corrected chi connectivity index (χ4v) is 2.95. The molecule has 3 heterocycles. The van der Waals surface area contributed by atoms with Gasteiger partial charge >= 0.3 is 0 Å². The number of nitrogens with zero attached hydrogens (tertiary/aromatic N) is 5. The summed E-state index contributed by atoms with van der Waals surface area (Å²) in [4.78, 5) is 28.9. The van der Waals surface area contributed by atoms with E-state index in [9.17, 15) is 4.79 Å². The number of rotatable bonds is 5. The number of amides is 1. The fourth-order valence-electron chi connectivity index (χ4n) is 2.35. The van der Waals surface area contributed by atoms with Crippen molar-refractivity contribution in [3.8, 4) is 11.4 Å². The second kappa shape index (κ2) is 7.28. The van der Waals surface area contributed by atoms with E-state index in [-0.39, 0.29) is 11.7 Å². The van der Waals surface area contributed by atoms with Gasteiger partial charge in [-0.2, -0.15) is 0 Å². The van der Waals surface area contributed by atoms with E-state index in [1.807, 2.05) is 36.4 Å². The van der Waals surface area contributed by atoms with Crippen LogP contribution in [0.3, 0.4) is 0 Å². The third kappa shape index (κ3) is 3.52. The van der Waals surface area contributed by atoms with Gasteiger partial charge in [-0.15, -0.1) is 5.10 Å². The van der Waals surface area contributed by atoms with Gasteiger partial charge in [0, 0.05) is 23.3 Å². The molecule has 2 N–H and O–H groups in total. The smallest absolute Gasteiger partial charge is 0.236 e. The molecule has 0 unspecified atom stereocenters. The Balaban J connectivity index is 1.41. The number of anilines is 1. The highest BCUT2D eigenvalue weighted by Crippen LogP contribution is 2.20. The number of thioether (sulfide) groups is 1. The Hall–Kier alpha value is -3.33. The lowest BCUT2D eigenvalue weighted by molar-refractivity contribution is -0.113. The van der Waals surface area contributed by atoms with Crippen LogP contribution in [-0.4, -0.2) is 41.8 Å². The molecule has 4 aromatic rings. The van der Waals surface area contributed by atoms with Crippen molar-refractivity contribution in [1.29, 1.82) is 0 Å². The molecular weight excluding hydrogens is 350 g/mol. The summed E-state index contributed by atoms with van der Waals surface area (Å²) in [6.45, 7) is 0. The van der Waals surface area contributed by atoms with Gasteiger partial charge in [-0.05, 0) is 24.3 Å². The summed E-state index contributed by atoms with van der Waals surface area (Å²) in [6, 6.07) is 11.2. The average Bonchev–Trinajstić information content (AvgIpc) is 3.17. The fraction of sp³-hybridized carbons (Fsp3) is 0.0588. The first kappa shape index (κ1) is 16.2. The lowest BCUT2D eigenvalue weighted by atomic mass is 10.2. The van der Waals surface area contributed by atoms with Crippen LogP contribution in [-0.2, 0) is 4.79 Å². The minimum Gasteiger partial charge on any atom is -0.309 e. The van der Waals surface area contributed by atoms with Crippen LogP contribution < -0.4 is 5.32 Å². The molecule has 0 saturated carbocycles. The molecule has 8 nitrogen and oxygen atoms in total. The standard InChI is InChI=1S/C17H13N7OS/c25-14(21-16-12-3-1-2-4-13(12)19-10-20-16)9-26-17-22-15(23-24-17)11-5-7-18-8-6-11/h1-8,10H,9H2,(H,22,23,24)(H,19,20,21,25). The Kier molecular flexibility index (Phi) is 4.52. The lowest BCUT2D eigenvalue weighted by Gasteiger charge is -2.06. The Labute approximate surface area is 152 Å². The summed E-state index contributed by atoms with van der Waals surface area (Å²) in [6.07, 6.45) is 4.80. The molecular formula is C17H13N7OS. The van der Waals surface area contributed by atoms with E-state index < -0.39 is 0 Å². The molecule has 4 rings (SSSR count). The molecule has 0 atom stereocenters. The van der Waals surface area contributed by atoms with Crippen LogP contribution >= 0.6 is 11.8 Å². The van der Waals surface area contributed by atoms with Crippen LogP contribution in [0.4, 0.5) is 5.82 Å². The number of para-hydroxylation sites is 1. The summed E-state index contributed by atoms with van der Waals surface area (Å²) in [7, 11) is 0. The average molecular weight is 363 g/mol. The van der Waals surface area contributed by atoms with Gasteiger partial charge in [0.25, 0.3) is 0 Å². The number of pyridine rings is 1. The monoisotopic (exact) mass is 363 g/mol. The molecule has 9 heteroatoms. The molecule has 0 radical (unpaired) electrons. The van der Waals surface area contributed by atoms with Crippen molar-refractivity contribution in [3.63, 3.8) is 0 Å². The van der Waals surface area contributed by atoms with Crippen molar-refractivity contribution in [3.05, 3.63) is 55.1 Å². The molecule has 1 amide bonds. The third-order valence-electron chi connectivity index (χ3n) is 3.55. The zero-order valence-electron chi connectivity index (χ0n) is 13.5. The van der Waals surface area contributed by atoms with Crippen LogP contribution in [0, 0.1) is 0 Å². The van der Waals surface area contributed by atoms with Gasteiger partial charge in [-0.25, -0.2) is 15.0 Å². The Morgan fingerprint density at radius 3 is 2.85 bits per heavy atom. The van der Waals surface area contributed by atoms with E-state index in [0.29, 0.717) is 16.8 Å². The topological polar surface area (TPSA) is 109 Å². The van der Waals surface area contributed by atoms with Crippen molar-refractivity contribution in [2.24, 2.45) is 0 Å². The van der Waals surface area contributed by atoms with E-state index in [1.54, 1.807) is 12.4 Å². The van der Waals surface area contributed by atoms with Crippen molar-refractivity contribution < 1.29 is 4.79 Å². The van der Waals surface area contributed by atoms with Crippen LogP contribution in [0.25, 0.3) is 22.3 Å². The maximum Gasteiger partial charge on any atom is 0.236 e. The number of benzene rings is 1. The molecule has 0 aliphatic rings. The van der Waals surface area contributed by atoms with Gasteiger partial charge < -0.3 is 5.32 Å². The first-order valence-electron chi connectivity index (χ1n) is 7.75. The molecule has 26 heavy (non-hydrogen) atoms. The van der Waals surface area contributed by atoms with E-state index in [1.165, 1.54) is 18.1 Å². The summed E-state index contributed by atoms with van der Waals surface area (Å²) in [5, 5.41) is 11.1. The van der Waals surface area contributed by atoms with Crippen molar-refractivity contribution >= 4 is 34.4 Å². The zero-order chi connectivity index (χ0) is 17.8. The number of H-pyrrole nitrogens is 1. The number of carbonyl (C=O) groups is 1. The maximum absolute atomic E-state index is 12.2. The van der Waals surface area contributed by atoms with Crippen molar-refractivity contribution in [1.82, 2.24) is 30.1 Å². The van der Waals surface area contributed by atoms with E-state index in [2.05, 4.69) is 35.5 Å². The maximum atomic E-state index is 12.2. The molecule has 3 aromatic heterocycles. The van der Waals surface area contributed by atoms with Crippen molar-refractivity contribution in [2.45, 2.75) is 5.16 Å². The van der Waals surface area contributed by atoms with Crippen LogP contribution in [0.1, 0.15) is 0 Å². The highest BCUT2D eigenvalue weighted by atomic mass is 32.2. The first-order chi connectivity index (χ1) is 12.8. The normalized spacial score (nSPS) is 10.8. The summed E-state index contributed by atoms with van der Waals surface area (Å²) >= 11 is 1.24. The highest BCUT2D eigenvalue weighted by molar-refractivity contribution is 7.99. The Morgan fingerprint density at radius 2 is 1.96 bits per heavy atom. The summed E-state index contributed by atoms with van der Waals surface area (Å²) in [5.41, 5.74) is 1.66. The van der Waals surface area contributed by atoms with E-state index >= 15 is 0 Å². The predicted octanol–water partition coefficient (Wildman–Crippen LogP) is 2.54. The Morgan fingerprint density at radius 1 is 1.12 bits per heavy atom. The van der Waals surface area contributed by atoms with Crippen LogP contribution in [0.5, 0.6) is 0 Å². The highest BCUT2D eigenvalue weighted by Gasteiger charge is 2.11. The SMILES string of the molecule is O=C(CSc1n[nH]c(-c2ccncc2)n1)Nc1ncnc2ccccc12. The number of aromatic nitrogens is 6. The second-order valence-corrected chi connectivity index (χ2v) is 6.22.